The zero-order valence-electron chi connectivity index (χ0n) is 14.1. The zero-order chi connectivity index (χ0) is 18.7. The molecule has 0 aliphatic carbocycles. The maximum absolute atomic E-state index is 12.9. The number of hydrogen-bond acceptors (Lipinski definition) is 3. The lowest BCUT2D eigenvalue weighted by Crippen LogP contribution is -2.37. The van der Waals surface area contributed by atoms with Gasteiger partial charge in [0.25, 0.3) is 11.5 Å². The minimum Gasteiger partial charge on any atom is -0.349 e. The quantitative estimate of drug-likeness (QED) is 0.693. The van der Waals surface area contributed by atoms with Crippen molar-refractivity contribution in [1.29, 1.82) is 0 Å². The monoisotopic (exact) mass is 352 g/mol. The highest BCUT2D eigenvalue weighted by Crippen LogP contribution is 2.11. The van der Waals surface area contributed by atoms with E-state index in [1.165, 1.54) is 30.3 Å². The van der Waals surface area contributed by atoms with Crippen LogP contribution in [0.25, 0.3) is 10.9 Å². The highest BCUT2D eigenvalue weighted by molar-refractivity contribution is 5.99. The third-order valence-electron chi connectivity index (χ3n) is 4.03. The van der Waals surface area contributed by atoms with Crippen LogP contribution >= 0.6 is 0 Å². The number of amides is 1. The van der Waals surface area contributed by atoms with Crippen LogP contribution in [0.2, 0.25) is 0 Å². The SMILES string of the molecule is CC(CC(=O)c1ccc(F)cc1)NC(=O)c1cc2ccccc2[nH]c1=O. The minimum atomic E-state index is -0.545. The molecule has 0 radical (unpaired) electrons. The van der Waals surface area contributed by atoms with Gasteiger partial charge in [-0.3, -0.25) is 14.4 Å². The summed E-state index contributed by atoms with van der Waals surface area (Å²) in [5.74, 6) is -1.18. The maximum Gasteiger partial charge on any atom is 0.261 e. The molecule has 0 fully saturated rings. The maximum atomic E-state index is 12.9. The smallest absolute Gasteiger partial charge is 0.261 e. The number of H-pyrrole nitrogens is 1. The van der Waals surface area contributed by atoms with E-state index in [2.05, 4.69) is 10.3 Å². The molecule has 1 amide bonds. The molecule has 0 bridgehead atoms. The average Bonchev–Trinajstić information content (AvgIpc) is 2.61. The highest BCUT2D eigenvalue weighted by Gasteiger charge is 2.17. The Balaban J connectivity index is 1.71. The van der Waals surface area contributed by atoms with Crippen molar-refractivity contribution in [3.63, 3.8) is 0 Å². The van der Waals surface area contributed by atoms with Crippen molar-refractivity contribution in [2.75, 3.05) is 0 Å². The zero-order valence-corrected chi connectivity index (χ0v) is 14.1. The molecule has 0 saturated carbocycles. The van der Waals surface area contributed by atoms with Crippen LogP contribution in [0, 0.1) is 5.82 Å². The summed E-state index contributed by atoms with van der Waals surface area (Å²) in [7, 11) is 0. The fourth-order valence-corrected chi connectivity index (χ4v) is 2.70. The summed E-state index contributed by atoms with van der Waals surface area (Å²) in [5.41, 5.74) is 0.521. The summed E-state index contributed by atoms with van der Waals surface area (Å²) in [6.07, 6.45) is 0.0445. The number of nitrogens with one attached hydrogen (secondary N) is 2. The molecule has 0 saturated heterocycles. The average molecular weight is 352 g/mol. The standard InChI is InChI=1S/C20H17FN2O3/c1-12(10-18(24)13-6-8-15(21)9-7-13)22-19(25)16-11-14-4-2-3-5-17(14)23-20(16)26/h2-9,11-12H,10H2,1H3,(H,22,25)(H,23,26). The number of pyridine rings is 1. The number of fused-ring (bicyclic) bond motifs is 1. The molecule has 3 rings (SSSR count). The summed E-state index contributed by atoms with van der Waals surface area (Å²) < 4.78 is 12.9. The van der Waals surface area contributed by atoms with Gasteiger partial charge in [0.05, 0.1) is 0 Å². The van der Waals surface area contributed by atoms with Gasteiger partial charge < -0.3 is 10.3 Å². The van der Waals surface area contributed by atoms with E-state index in [4.69, 9.17) is 0 Å². The summed E-state index contributed by atoms with van der Waals surface area (Å²) in [6.45, 7) is 1.68. The Kier molecular flexibility index (Phi) is 4.93. The van der Waals surface area contributed by atoms with Crippen molar-refractivity contribution in [2.45, 2.75) is 19.4 Å². The third kappa shape index (κ3) is 3.85. The van der Waals surface area contributed by atoms with E-state index in [1.54, 1.807) is 25.1 Å². The third-order valence-corrected chi connectivity index (χ3v) is 4.03. The van der Waals surface area contributed by atoms with Gasteiger partial charge in [-0.25, -0.2) is 4.39 Å². The van der Waals surface area contributed by atoms with E-state index < -0.39 is 23.3 Å². The highest BCUT2D eigenvalue weighted by atomic mass is 19.1. The molecule has 2 aromatic carbocycles. The first-order valence-corrected chi connectivity index (χ1v) is 8.16. The molecule has 0 aliphatic heterocycles. The van der Waals surface area contributed by atoms with Gasteiger partial charge in [-0.15, -0.1) is 0 Å². The first-order valence-electron chi connectivity index (χ1n) is 8.16. The summed E-state index contributed by atoms with van der Waals surface area (Å²) >= 11 is 0. The molecule has 1 aromatic heterocycles. The van der Waals surface area contributed by atoms with Crippen LogP contribution in [0.15, 0.2) is 59.4 Å². The molecule has 6 heteroatoms. The fraction of sp³-hybridized carbons (Fsp3) is 0.150. The number of rotatable bonds is 5. The molecule has 0 spiro atoms. The van der Waals surface area contributed by atoms with Gasteiger partial charge in [0.15, 0.2) is 5.78 Å². The summed E-state index contributed by atoms with van der Waals surface area (Å²) in [6, 6.07) is 13.4. The molecule has 0 aliphatic rings. The molecule has 26 heavy (non-hydrogen) atoms. The Bertz CT molecular complexity index is 1030. The van der Waals surface area contributed by atoms with Gasteiger partial charge >= 0.3 is 0 Å². The molecule has 1 heterocycles. The van der Waals surface area contributed by atoms with Crippen LogP contribution in [-0.2, 0) is 0 Å². The lowest BCUT2D eigenvalue weighted by Gasteiger charge is -2.13. The van der Waals surface area contributed by atoms with Crippen molar-refractivity contribution in [3.05, 3.63) is 81.9 Å². The Morgan fingerprint density at radius 2 is 1.81 bits per heavy atom. The van der Waals surface area contributed by atoms with Crippen LogP contribution < -0.4 is 10.9 Å². The van der Waals surface area contributed by atoms with Gasteiger partial charge in [0.1, 0.15) is 11.4 Å². The van der Waals surface area contributed by atoms with Gasteiger partial charge in [-0.2, -0.15) is 0 Å². The Labute approximate surface area is 148 Å². The van der Waals surface area contributed by atoms with E-state index in [-0.39, 0.29) is 17.8 Å². The molecule has 2 N–H and O–H groups in total. The Morgan fingerprint density at radius 3 is 2.54 bits per heavy atom. The van der Waals surface area contributed by atoms with Crippen LogP contribution in [0.5, 0.6) is 0 Å². The van der Waals surface area contributed by atoms with Crippen molar-refractivity contribution >= 4 is 22.6 Å². The van der Waals surface area contributed by atoms with Gasteiger partial charge in [0, 0.05) is 23.5 Å². The second-order valence-electron chi connectivity index (χ2n) is 6.11. The topological polar surface area (TPSA) is 79.0 Å². The first kappa shape index (κ1) is 17.5. The minimum absolute atomic E-state index is 0.00946. The number of Topliss-reactive ketones (excluding diaryl/α,β-unsaturated/α-hetero) is 1. The van der Waals surface area contributed by atoms with E-state index >= 15 is 0 Å². The van der Waals surface area contributed by atoms with E-state index in [1.807, 2.05) is 6.07 Å². The molecule has 1 atom stereocenters. The normalized spacial score (nSPS) is 11.9. The van der Waals surface area contributed by atoms with Gasteiger partial charge in [-0.1, -0.05) is 18.2 Å². The van der Waals surface area contributed by atoms with Crippen molar-refractivity contribution in [3.8, 4) is 0 Å². The molecule has 5 nitrogen and oxygen atoms in total. The van der Waals surface area contributed by atoms with Gasteiger partial charge in [0.2, 0.25) is 0 Å². The van der Waals surface area contributed by atoms with Crippen LogP contribution in [0.1, 0.15) is 34.1 Å². The largest absolute Gasteiger partial charge is 0.349 e. The number of ketones is 1. The Hall–Kier alpha value is -3.28. The first-order chi connectivity index (χ1) is 12.4. The predicted molar refractivity (Wildman–Crippen MR) is 96.8 cm³/mol. The molecular formula is C20H17FN2O3. The van der Waals surface area contributed by atoms with E-state index in [0.29, 0.717) is 11.1 Å². The molecule has 3 aromatic rings. The Morgan fingerprint density at radius 1 is 1.12 bits per heavy atom. The number of benzene rings is 2. The van der Waals surface area contributed by atoms with Crippen LogP contribution in [-0.4, -0.2) is 22.7 Å². The summed E-state index contributed by atoms with van der Waals surface area (Å²) in [4.78, 5) is 39.4. The number of aromatic nitrogens is 1. The molecule has 132 valence electrons. The lowest BCUT2D eigenvalue weighted by molar-refractivity contribution is 0.0917. The fourth-order valence-electron chi connectivity index (χ4n) is 2.70. The van der Waals surface area contributed by atoms with E-state index in [0.717, 1.165) is 5.39 Å². The van der Waals surface area contributed by atoms with Crippen molar-refractivity contribution in [2.24, 2.45) is 0 Å². The van der Waals surface area contributed by atoms with E-state index in [9.17, 15) is 18.8 Å². The predicted octanol–water partition coefficient (Wildman–Crippen LogP) is 3.06. The number of halogens is 1. The number of para-hydroxylation sites is 1. The van der Waals surface area contributed by atoms with Crippen LogP contribution in [0.4, 0.5) is 4.39 Å². The van der Waals surface area contributed by atoms with Gasteiger partial charge in [-0.05, 0) is 48.7 Å². The summed E-state index contributed by atoms with van der Waals surface area (Å²) in [5, 5.41) is 3.40. The molecular weight excluding hydrogens is 335 g/mol. The second-order valence-corrected chi connectivity index (χ2v) is 6.11. The molecule has 1 unspecified atom stereocenters. The number of carbonyl (C=O) groups excluding carboxylic acids is 2. The number of carbonyl (C=O) groups is 2. The number of hydrogen-bond donors (Lipinski definition) is 2. The number of aromatic amines is 1. The lowest BCUT2D eigenvalue weighted by atomic mass is 10.0. The van der Waals surface area contributed by atoms with Crippen LogP contribution in [0.3, 0.4) is 0 Å². The van der Waals surface area contributed by atoms with Crippen molar-refractivity contribution in [1.82, 2.24) is 10.3 Å². The second kappa shape index (κ2) is 7.31. The van der Waals surface area contributed by atoms with Crippen molar-refractivity contribution < 1.29 is 14.0 Å².